The van der Waals surface area contributed by atoms with Crippen LogP contribution in [0.4, 0.5) is 0 Å². The van der Waals surface area contributed by atoms with Crippen molar-refractivity contribution in [1.29, 1.82) is 0 Å². The van der Waals surface area contributed by atoms with Crippen molar-refractivity contribution < 1.29 is 9.47 Å². The summed E-state index contributed by atoms with van der Waals surface area (Å²) in [6.45, 7) is 0. The maximum Gasteiger partial charge on any atom is 0.143 e. The van der Waals surface area contributed by atoms with Gasteiger partial charge in [-0.2, -0.15) is 0 Å². The molecule has 0 fully saturated rings. The van der Waals surface area contributed by atoms with E-state index in [1.54, 1.807) is 14.2 Å². The maximum absolute atomic E-state index is 6.10. The number of hydrogen-bond acceptors (Lipinski definition) is 2. The van der Waals surface area contributed by atoms with E-state index in [-0.39, 0.29) is 0 Å². The van der Waals surface area contributed by atoms with Crippen molar-refractivity contribution >= 4 is 0 Å². The number of ether oxygens (including phenoxy) is 2. The quantitative estimate of drug-likeness (QED) is 0.177. The van der Waals surface area contributed by atoms with Crippen LogP contribution in [0.1, 0.15) is 33.4 Å². The van der Waals surface area contributed by atoms with Crippen LogP contribution >= 0.6 is 0 Å². The zero-order valence-electron chi connectivity index (χ0n) is 24.1. The lowest BCUT2D eigenvalue weighted by Gasteiger charge is -2.34. The lowest BCUT2D eigenvalue weighted by atomic mass is 9.80. The number of methoxy groups -OCH3 is 2. The Morgan fingerprint density at radius 1 is 0.262 bits per heavy atom. The van der Waals surface area contributed by atoms with E-state index >= 15 is 0 Å². The van der Waals surface area contributed by atoms with Gasteiger partial charge in [0.05, 0.1) is 0 Å². The molecule has 6 aromatic rings. The van der Waals surface area contributed by atoms with Gasteiger partial charge in [-0.05, 0) is 33.4 Å². The molecule has 0 bridgehead atoms. The van der Waals surface area contributed by atoms with Crippen LogP contribution in [0.15, 0.2) is 182 Å². The lowest BCUT2D eigenvalue weighted by Crippen LogP contribution is -2.31. The van der Waals surface area contributed by atoms with Gasteiger partial charge in [0.2, 0.25) is 0 Å². The van der Waals surface area contributed by atoms with Crippen LogP contribution in [0.5, 0.6) is 0 Å². The molecule has 0 saturated heterocycles. The Morgan fingerprint density at radius 2 is 0.405 bits per heavy atom. The fourth-order valence-electron chi connectivity index (χ4n) is 5.74. The fourth-order valence-corrected chi connectivity index (χ4v) is 5.74. The molecule has 0 aromatic heterocycles. The van der Waals surface area contributed by atoms with Gasteiger partial charge in [-0.25, -0.2) is 0 Å². The number of rotatable bonds is 8. The molecule has 0 amide bonds. The standard InChI is InChI=1S/2C20H18O/c2*1-21-20(17-11-5-2-6-12-17,18-13-7-3-8-14-18)19-15-9-4-10-16-19/h2*2-16H,1H3. The molecule has 0 aliphatic heterocycles. The van der Waals surface area contributed by atoms with Crippen molar-refractivity contribution in [3.05, 3.63) is 215 Å². The summed E-state index contributed by atoms with van der Waals surface area (Å²) in [6.07, 6.45) is 0. The van der Waals surface area contributed by atoms with Crippen LogP contribution in [0.3, 0.4) is 0 Å². The van der Waals surface area contributed by atoms with Crippen molar-refractivity contribution in [3.8, 4) is 0 Å². The molecule has 0 aliphatic rings. The highest BCUT2D eigenvalue weighted by Gasteiger charge is 2.37. The maximum atomic E-state index is 6.10. The first kappa shape index (κ1) is 28.8. The number of benzene rings is 6. The van der Waals surface area contributed by atoms with Crippen molar-refractivity contribution in [2.24, 2.45) is 0 Å². The SMILES string of the molecule is COC(c1ccccc1)(c1ccccc1)c1ccccc1.COC(c1ccccc1)(c1ccccc1)c1ccccc1. The molecule has 0 heterocycles. The third-order valence-electron chi connectivity index (χ3n) is 7.69. The van der Waals surface area contributed by atoms with Crippen molar-refractivity contribution in [3.63, 3.8) is 0 Å². The molecule has 0 N–H and O–H groups in total. The summed E-state index contributed by atoms with van der Waals surface area (Å²) in [4.78, 5) is 0. The first-order valence-corrected chi connectivity index (χ1v) is 14.2. The van der Waals surface area contributed by atoms with Crippen molar-refractivity contribution in [2.75, 3.05) is 14.2 Å². The zero-order chi connectivity index (χ0) is 29.1. The van der Waals surface area contributed by atoms with E-state index in [9.17, 15) is 0 Å². The van der Waals surface area contributed by atoms with Gasteiger partial charge in [0, 0.05) is 14.2 Å². The molecule has 2 heteroatoms. The van der Waals surface area contributed by atoms with Crippen LogP contribution in [-0.2, 0) is 20.7 Å². The molecule has 0 atom stereocenters. The number of hydrogen-bond donors (Lipinski definition) is 0. The molecule has 42 heavy (non-hydrogen) atoms. The highest BCUT2D eigenvalue weighted by Crippen LogP contribution is 2.40. The highest BCUT2D eigenvalue weighted by molar-refractivity contribution is 5.48. The second kappa shape index (κ2) is 13.7. The summed E-state index contributed by atoms with van der Waals surface area (Å²) in [5.41, 5.74) is 5.62. The Balaban J connectivity index is 0.000000168. The Kier molecular flexibility index (Phi) is 9.41. The second-order valence-corrected chi connectivity index (χ2v) is 9.97. The molecule has 6 aromatic carbocycles. The first-order chi connectivity index (χ1) is 20.8. The summed E-state index contributed by atoms with van der Waals surface area (Å²) >= 11 is 0. The predicted molar refractivity (Wildman–Crippen MR) is 172 cm³/mol. The fraction of sp³-hybridized carbons (Fsp3) is 0.100. The molecule has 0 spiro atoms. The molecule has 208 valence electrons. The topological polar surface area (TPSA) is 18.5 Å². The Labute approximate surface area is 249 Å². The molecule has 2 nitrogen and oxygen atoms in total. The van der Waals surface area contributed by atoms with Crippen molar-refractivity contribution in [2.45, 2.75) is 11.2 Å². The molecule has 0 aliphatic carbocycles. The van der Waals surface area contributed by atoms with Crippen LogP contribution < -0.4 is 0 Å². The molecule has 0 radical (unpaired) electrons. The summed E-state index contributed by atoms with van der Waals surface area (Å²) < 4.78 is 12.2. The average Bonchev–Trinajstić information content (AvgIpc) is 3.09. The van der Waals surface area contributed by atoms with Crippen LogP contribution in [0.25, 0.3) is 0 Å². The summed E-state index contributed by atoms with van der Waals surface area (Å²) in [6, 6.07) is 62.1. The zero-order valence-corrected chi connectivity index (χ0v) is 24.1. The van der Waals surface area contributed by atoms with Gasteiger partial charge in [-0.1, -0.05) is 182 Å². The molecular weight excluding hydrogens is 512 g/mol. The summed E-state index contributed by atoms with van der Waals surface area (Å²) in [5, 5.41) is 0. The van der Waals surface area contributed by atoms with E-state index in [2.05, 4.69) is 146 Å². The first-order valence-electron chi connectivity index (χ1n) is 14.2. The Bertz CT molecular complexity index is 1280. The van der Waals surface area contributed by atoms with Crippen molar-refractivity contribution in [1.82, 2.24) is 0 Å². The third-order valence-corrected chi connectivity index (χ3v) is 7.69. The smallest absolute Gasteiger partial charge is 0.143 e. The van der Waals surface area contributed by atoms with E-state index in [1.807, 2.05) is 36.4 Å². The highest BCUT2D eigenvalue weighted by atomic mass is 16.5. The minimum atomic E-state index is -0.580. The molecule has 0 unspecified atom stereocenters. The van der Waals surface area contributed by atoms with Gasteiger partial charge in [-0.3, -0.25) is 0 Å². The summed E-state index contributed by atoms with van der Waals surface area (Å²) in [7, 11) is 3.54. The van der Waals surface area contributed by atoms with Crippen LogP contribution in [0, 0.1) is 0 Å². The van der Waals surface area contributed by atoms with Gasteiger partial charge < -0.3 is 9.47 Å². The van der Waals surface area contributed by atoms with Gasteiger partial charge in [0.15, 0.2) is 0 Å². The molecule has 0 saturated carbocycles. The minimum Gasteiger partial charge on any atom is -0.364 e. The summed E-state index contributed by atoms with van der Waals surface area (Å²) in [5.74, 6) is 0. The van der Waals surface area contributed by atoms with Gasteiger partial charge in [0.25, 0.3) is 0 Å². The van der Waals surface area contributed by atoms with Crippen LogP contribution in [-0.4, -0.2) is 14.2 Å². The molecular formula is C40H36O2. The van der Waals surface area contributed by atoms with Gasteiger partial charge in [0.1, 0.15) is 11.2 Å². The largest absolute Gasteiger partial charge is 0.364 e. The van der Waals surface area contributed by atoms with Gasteiger partial charge in [-0.15, -0.1) is 0 Å². The Morgan fingerprint density at radius 3 is 0.524 bits per heavy atom. The van der Waals surface area contributed by atoms with E-state index in [4.69, 9.17) is 9.47 Å². The van der Waals surface area contributed by atoms with E-state index < -0.39 is 11.2 Å². The minimum absolute atomic E-state index is 0.580. The van der Waals surface area contributed by atoms with E-state index in [0.717, 1.165) is 33.4 Å². The lowest BCUT2D eigenvalue weighted by molar-refractivity contribution is 0.0584. The van der Waals surface area contributed by atoms with Gasteiger partial charge >= 0.3 is 0 Å². The van der Waals surface area contributed by atoms with E-state index in [0.29, 0.717) is 0 Å². The third kappa shape index (κ3) is 5.69. The van der Waals surface area contributed by atoms with Crippen LogP contribution in [0.2, 0.25) is 0 Å². The normalized spacial score (nSPS) is 11.3. The molecule has 6 rings (SSSR count). The monoisotopic (exact) mass is 548 g/mol. The predicted octanol–water partition coefficient (Wildman–Crippen LogP) is 9.25. The average molecular weight is 549 g/mol. The second-order valence-electron chi connectivity index (χ2n) is 9.97. The Hall–Kier alpha value is -4.76. The van der Waals surface area contributed by atoms with E-state index in [1.165, 1.54) is 0 Å².